The maximum absolute atomic E-state index is 16.0. The molecule has 3 heterocycles. The number of fused-ring (bicyclic) bond motifs is 5. The number of esters is 9. The fourth-order valence-electron chi connectivity index (χ4n) is 14.8. The van der Waals surface area contributed by atoms with E-state index in [1.807, 2.05) is 0 Å². The van der Waals surface area contributed by atoms with Crippen molar-refractivity contribution >= 4 is 65.4 Å². The van der Waals surface area contributed by atoms with Crippen LogP contribution in [-0.4, -0.2) is 214 Å². The lowest BCUT2D eigenvalue weighted by Gasteiger charge is -2.67. The van der Waals surface area contributed by atoms with Crippen molar-refractivity contribution in [3.05, 3.63) is 131 Å². The van der Waals surface area contributed by atoms with Gasteiger partial charge in [-0.2, -0.15) is 0 Å². The largest absolute Gasteiger partial charge is 0.461 e. The third-order valence-corrected chi connectivity index (χ3v) is 19.8. The van der Waals surface area contributed by atoms with Crippen LogP contribution in [0.4, 0.5) is 0 Å². The molecule has 568 valence electrons. The zero-order valence-electron chi connectivity index (χ0n) is 59.8. The summed E-state index contributed by atoms with van der Waals surface area (Å²) in [5.41, 5.74) is -7.84. The number of carbonyl (C=O) groups excluding carboxylic acids is 11. The number of Topliss-reactive ketones (excluding diaryl/α,β-unsaturated/α-hetero) is 1. The van der Waals surface area contributed by atoms with Gasteiger partial charge in [0, 0.05) is 77.8 Å². The molecule has 1 aromatic heterocycles. The summed E-state index contributed by atoms with van der Waals surface area (Å²) in [5.74, 6) is -12.9. The van der Waals surface area contributed by atoms with Gasteiger partial charge in [-0.1, -0.05) is 98.6 Å². The fourth-order valence-corrected chi connectivity index (χ4v) is 14.8. The summed E-state index contributed by atoms with van der Waals surface area (Å²) in [4.78, 5) is 153. The van der Waals surface area contributed by atoms with E-state index >= 15 is 9.59 Å². The molecule has 0 radical (unpaired) electrons. The summed E-state index contributed by atoms with van der Waals surface area (Å²) in [7, 11) is 0. The SMILES string of the molecule is CC(=O)OC1C(OC(C)=O)[C@H](OC(C)=O)C(COC(=O)COCC(=O)O[C@@H](C(=O)O[C@H]2C[C@@]3(O)[C@@H](OC(=O)c4ccccc4)[C@@H]4[C@]5(OC(C)=O)CO[C@@H]5C[C@H](O)[C@@]4(C)C(=O)[C@H](OC(C)=O)C(=C2C)C3(C)C)C(NC(=O)c2ccccc2)c2ccccc2)O[C@H]1OCCCc1cn(CCCCCCO)nn1. The number of ketones is 1. The minimum absolute atomic E-state index is 0.00711. The first-order valence-corrected chi connectivity index (χ1v) is 34.7. The number of aliphatic hydroxyl groups excluding tert-OH is 2. The van der Waals surface area contributed by atoms with E-state index in [-0.39, 0.29) is 47.5 Å². The van der Waals surface area contributed by atoms with E-state index in [2.05, 4.69) is 15.6 Å². The lowest BCUT2D eigenvalue weighted by molar-refractivity contribution is -0.346. The Morgan fingerprint density at radius 3 is 1.94 bits per heavy atom. The van der Waals surface area contributed by atoms with Crippen LogP contribution in [0.15, 0.2) is 108 Å². The van der Waals surface area contributed by atoms with Crippen LogP contribution >= 0.6 is 0 Å². The minimum atomic E-state index is -2.61. The maximum atomic E-state index is 16.0. The summed E-state index contributed by atoms with van der Waals surface area (Å²) in [6.45, 7) is 8.44. The molecule has 2 saturated heterocycles. The molecular weight excluding hydrogens is 1380 g/mol. The Hall–Kier alpha value is -9.37. The average Bonchev–Trinajstić information content (AvgIpc) is 0.697. The molecule has 4 unspecified atom stereocenters. The van der Waals surface area contributed by atoms with Crippen molar-refractivity contribution < 1.29 is 130 Å². The van der Waals surface area contributed by atoms with E-state index in [4.69, 9.17) is 66.7 Å². The number of aliphatic hydroxyl groups is 3. The summed E-state index contributed by atoms with van der Waals surface area (Å²) in [6, 6.07) is 21.5. The Morgan fingerprint density at radius 1 is 0.714 bits per heavy atom. The summed E-state index contributed by atoms with van der Waals surface area (Å²) >= 11 is 0. The lowest BCUT2D eigenvalue weighted by Crippen LogP contribution is -2.82. The van der Waals surface area contributed by atoms with Crippen LogP contribution in [-0.2, 0) is 118 Å². The van der Waals surface area contributed by atoms with Gasteiger partial charge >= 0.3 is 53.7 Å². The van der Waals surface area contributed by atoms with Gasteiger partial charge in [-0.15, -0.1) is 5.10 Å². The third kappa shape index (κ3) is 18.1. The van der Waals surface area contributed by atoms with Crippen molar-refractivity contribution in [3.8, 4) is 0 Å². The highest BCUT2D eigenvalue weighted by Gasteiger charge is 2.78. The Kier molecular flexibility index (Phi) is 26.3. The van der Waals surface area contributed by atoms with E-state index in [1.165, 1.54) is 64.1 Å². The molecular formula is C74H90N4O27. The van der Waals surface area contributed by atoms with Crippen LogP contribution in [0.1, 0.15) is 145 Å². The van der Waals surface area contributed by atoms with Crippen LogP contribution in [0.2, 0.25) is 0 Å². The molecule has 31 heteroatoms. The normalized spacial score (nSPS) is 27.8. The van der Waals surface area contributed by atoms with E-state index in [0.29, 0.717) is 31.5 Å². The highest BCUT2D eigenvalue weighted by atomic mass is 16.7. The lowest BCUT2D eigenvalue weighted by atomic mass is 9.44. The number of hydrogen-bond donors (Lipinski definition) is 4. The number of unbranched alkanes of at least 4 members (excludes halogenated alkanes) is 3. The fraction of sp³-hybridized carbons (Fsp3) is 0.554. The monoisotopic (exact) mass is 1470 g/mol. The van der Waals surface area contributed by atoms with E-state index in [1.54, 1.807) is 65.5 Å². The van der Waals surface area contributed by atoms with E-state index in [9.17, 15) is 53.4 Å². The molecule has 4 aromatic rings. The number of nitrogens with zero attached hydrogens (tertiary/aromatic N) is 3. The molecule has 2 bridgehead atoms. The van der Waals surface area contributed by atoms with Crippen LogP contribution in [0, 0.1) is 16.7 Å². The second kappa shape index (κ2) is 34.7. The number of aryl methyl sites for hydroxylation is 2. The quantitative estimate of drug-likeness (QED) is 0.0238. The van der Waals surface area contributed by atoms with Gasteiger partial charge in [0.15, 0.2) is 42.1 Å². The second-order valence-corrected chi connectivity index (χ2v) is 27.3. The van der Waals surface area contributed by atoms with Crippen LogP contribution in [0.5, 0.6) is 0 Å². The van der Waals surface area contributed by atoms with E-state index < -0.39 is 200 Å². The molecule has 4 fully saturated rings. The van der Waals surface area contributed by atoms with Crippen molar-refractivity contribution in [1.29, 1.82) is 0 Å². The highest BCUT2D eigenvalue weighted by molar-refractivity contribution is 5.96. The first kappa shape index (κ1) is 79.7. The Balaban J connectivity index is 0.994. The Morgan fingerprint density at radius 2 is 1.32 bits per heavy atom. The first-order valence-electron chi connectivity index (χ1n) is 34.7. The number of benzene rings is 3. The van der Waals surface area contributed by atoms with Crippen molar-refractivity contribution in [2.24, 2.45) is 16.7 Å². The van der Waals surface area contributed by atoms with Crippen molar-refractivity contribution in [1.82, 2.24) is 20.3 Å². The number of aromatic nitrogens is 3. The number of carbonyl (C=O) groups is 11. The zero-order valence-corrected chi connectivity index (χ0v) is 59.8. The standard InChI is InChI=1S/C74H90N4O27/c1-41-51(35-74(92)66(104-68(90)49-28-19-14-20-29-49)64-72(9,53(85)34-54-73(64,40-96-54)105-46(6)84)65(88)60(98-43(3)81)57(41)71(74,7)8)101-69(91)61(58(47-24-15-12-16-25-47)75-67(89)48-26-17-13-18-27-48)103-56(87)39-93-38-55(86)95-37-52-59(97-42(2)80)62(99-44(4)82)63(100-45(5)83)70(102-52)94-33-23-30-50-36-78(77-76-50)31-21-10-11-22-32-79/h12-20,24-29,36,51-54,58-64,66,70,79,85,92H,10-11,21-23,30-35,37-40H2,1-9H3,(H,75,89)/t51-,52?,53-,54+,58?,59+,60+,61+,62?,63?,64-,66-,70+,72+,73-,74+/m0/s1. The van der Waals surface area contributed by atoms with Gasteiger partial charge in [0.2, 0.25) is 6.10 Å². The summed E-state index contributed by atoms with van der Waals surface area (Å²) < 4.78 is 78.7. The molecule has 4 N–H and O–H groups in total. The third-order valence-electron chi connectivity index (χ3n) is 19.8. The predicted octanol–water partition coefficient (Wildman–Crippen LogP) is 4.16. The molecule has 31 nitrogen and oxygen atoms in total. The summed E-state index contributed by atoms with van der Waals surface area (Å²) in [5, 5.41) is 46.8. The van der Waals surface area contributed by atoms with Crippen LogP contribution in [0.3, 0.4) is 0 Å². The van der Waals surface area contributed by atoms with Gasteiger partial charge in [0.25, 0.3) is 5.91 Å². The topological polar surface area (TPSA) is 411 Å². The molecule has 16 atom stereocenters. The van der Waals surface area contributed by atoms with Gasteiger partial charge in [-0.25, -0.2) is 19.2 Å². The van der Waals surface area contributed by atoms with Gasteiger partial charge < -0.3 is 82.2 Å². The average molecular weight is 1470 g/mol. The smallest absolute Gasteiger partial charge is 0.350 e. The molecule has 3 aromatic carbocycles. The van der Waals surface area contributed by atoms with Crippen LogP contribution in [0.25, 0.3) is 0 Å². The minimum Gasteiger partial charge on any atom is -0.461 e. The first-order chi connectivity index (χ1) is 49.9. The number of rotatable bonds is 31. The molecule has 1 amide bonds. The highest BCUT2D eigenvalue weighted by Crippen LogP contribution is 2.64. The van der Waals surface area contributed by atoms with Gasteiger partial charge in [-0.3, -0.25) is 38.2 Å². The molecule has 0 spiro atoms. The predicted molar refractivity (Wildman–Crippen MR) is 359 cm³/mol. The molecule has 2 aliphatic heterocycles. The van der Waals surface area contributed by atoms with Crippen LogP contribution < -0.4 is 5.32 Å². The zero-order chi connectivity index (χ0) is 76.1. The summed E-state index contributed by atoms with van der Waals surface area (Å²) in [6.07, 6.45) is -13.7. The Labute approximate surface area is 605 Å². The number of hydrogen-bond acceptors (Lipinski definition) is 29. The number of ether oxygens (including phenoxy) is 13. The van der Waals surface area contributed by atoms with Crippen molar-refractivity contribution in [2.45, 2.75) is 205 Å². The Bertz CT molecular complexity index is 3830. The maximum Gasteiger partial charge on any atom is 0.350 e. The molecule has 105 heavy (non-hydrogen) atoms. The number of amides is 1. The molecule has 2 saturated carbocycles. The second-order valence-electron chi connectivity index (χ2n) is 27.3. The molecule has 5 aliphatic rings. The van der Waals surface area contributed by atoms with Gasteiger partial charge in [0.05, 0.1) is 41.9 Å². The molecule has 3 aliphatic carbocycles. The van der Waals surface area contributed by atoms with Crippen molar-refractivity contribution in [2.75, 3.05) is 39.6 Å². The van der Waals surface area contributed by atoms with Crippen molar-refractivity contribution in [3.63, 3.8) is 0 Å². The number of nitrogens with one attached hydrogen (secondary N) is 1. The molecule has 9 rings (SSSR count). The van der Waals surface area contributed by atoms with E-state index in [0.717, 1.165) is 53.9 Å². The van der Waals surface area contributed by atoms with Gasteiger partial charge in [-0.05, 0) is 80.5 Å². The van der Waals surface area contributed by atoms with Gasteiger partial charge in [0.1, 0.15) is 55.9 Å².